The van der Waals surface area contributed by atoms with Gasteiger partial charge in [0.2, 0.25) is 5.91 Å². The number of aryl methyl sites for hydroxylation is 1. The van der Waals surface area contributed by atoms with Crippen molar-refractivity contribution in [3.63, 3.8) is 0 Å². The van der Waals surface area contributed by atoms with Crippen LogP contribution in [0.1, 0.15) is 12.5 Å². The van der Waals surface area contributed by atoms with E-state index in [9.17, 15) is 13.2 Å². The number of halogens is 1. The lowest BCUT2D eigenvalue weighted by Gasteiger charge is -2.35. The summed E-state index contributed by atoms with van der Waals surface area (Å²) in [4.78, 5) is 17.1. The van der Waals surface area contributed by atoms with Crippen molar-refractivity contribution >= 4 is 33.2 Å². The van der Waals surface area contributed by atoms with E-state index in [-0.39, 0.29) is 22.4 Å². The van der Waals surface area contributed by atoms with Crippen molar-refractivity contribution in [2.45, 2.75) is 18.7 Å². The van der Waals surface area contributed by atoms with Gasteiger partial charge in [0, 0.05) is 26.2 Å². The van der Waals surface area contributed by atoms with Crippen molar-refractivity contribution in [2.75, 3.05) is 43.6 Å². The third-order valence-corrected chi connectivity index (χ3v) is 7.27. The van der Waals surface area contributed by atoms with E-state index < -0.39 is 10.0 Å². The van der Waals surface area contributed by atoms with E-state index >= 15 is 0 Å². The SMILES string of the molecule is CCN1CCN(C(=O)CN(c2ccccc2Cl)S(=O)(=O)c2ccc(C)cc2)CC1. The molecule has 1 heterocycles. The molecule has 3 rings (SSSR count). The molecule has 0 atom stereocenters. The molecule has 8 heteroatoms. The molecule has 6 nitrogen and oxygen atoms in total. The molecule has 0 saturated carbocycles. The van der Waals surface area contributed by atoms with Gasteiger partial charge in [-0.05, 0) is 37.7 Å². The van der Waals surface area contributed by atoms with Crippen LogP contribution in [0.5, 0.6) is 0 Å². The predicted octanol–water partition coefficient (Wildman–Crippen LogP) is 3.01. The van der Waals surface area contributed by atoms with Gasteiger partial charge in [0.25, 0.3) is 10.0 Å². The third kappa shape index (κ3) is 4.91. The second-order valence-electron chi connectivity index (χ2n) is 7.09. The van der Waals surface area contributed by atoms with Gasteiger partial charge < -0.3 is 9.80 Å². The second-order valence-corrected chi connectivity index (χ2v) is 9.36. The summed E-state index contributed by atoms with van der Waals surface area (Å²) in [6, 6.07) is 13.3. The fourth-order valence-corrected chi connectivity index (χ4v) is 5.05. The van der Waals surface area contributed by atoms with E-state index in [1.165, 1.54) is 0 Å². The Morgan fingerprint density at radius 2 is 1.66 bits per heavy atom. The molecule has 0 aliphatic carbocycles. The Morgan fingerprint density at radius 3 is 2.24 bits per heavy atom. The van der Waals surface area contributed by atoms with Gasteiger partial charge in [-0.3, -0.25) is 9.10 Å². The molecular weight excluding hydrogens is 410 g/mol. The molecule has 29 heavy (non-hydrogen) atoms. The molecule has 1 fully saturated rings. The molecule has 156 valence electrons. The minimum Gasteiger partial charge on any atom is -0.339 e. The first kappa shape index (κ1) is 21.6. The van der Waals surface area contributed by atoms with Crippen LogP contribution in [0.2, 0.25) is 5.02 Å². The lowest BCUT2D eigenvalue weighted by molar-refractivity contribution is -0.131. The highest BCUT2D eigenvalue weighted by atomic mass is 35.5. The first-order valence-electron chi connectivity index (χ1n) is 9.67. The molecule has 0 N–H and O–H groups in total. The van der Waals surface area contributed by atoms with Crippen molar-refractivity contribution in [1.82, 2.24) is 9.80 Å². The Balaban J connectivity index is 1.91. The molecule has 2 aromatic carbocycles. The fraction of sp³-hybridized carbons (Fsp3) is 0.381. The summed E-state index contributed by atoms with van der Waals surface area (Å²) in [7, 11) is -3.95. The summed E-state index contributed by atoms with van der Waals surface area (Å²) in [6.07, 6.45) is 0. The molecule has 1 aliphatic rings. The van der Waals surface area contributed by atoms with Crippen molar-refractivity contribution in [3.8, 4) is 0 Å². The van der Waals surface area contributed by atoms with Crippen LogP contribution in [0.15, 0.2) is 53.4 Å². The number of carbonyl (C=O) groups is 1. The highest BCUT2D eigenvalue weighted by Crippen LogP contribution is 2.30. The van der Waals surface area contributed by atoms with Gasteiger partial charge in [-0.25, -0.2) is 8.42 Å². The van der Waals surface area contributed by atoms with E-state index in [1.54, 1.807) is 53.4 Å². The van der Waals surface area contributed by atoms with Gasteiger partial charge >= 0.3 is 0 Å². The Hall–Kier alpha value is -2.09. The van der Waals surface area contributed by atoms with E-state index in [4.69, 9.17) is 11.6 Å². The van der Waals surface area contributed by atoms with Gasteiger partial charge in [0.05, 0.1) is 15.6 Å². The molecule has 0 bridgehead atoms. The molecule has 1 saturated heterocycles. The lowest BCUT2D eigenvalue weighted by atomic mass is 10.2. The van der Waals surface area contributed by atoms with Crippen molar-refractivity contribution in [1.29, 1.82) is 0 Å². The summed E-state index contributed by atoms with van der Waals surface area (Å²) in [5, 5.41) is 0.284. The van der Waals surface area contributed by atoms with Crippen LogP contribution in [0.25, 0.3) is 0 Å². The number of amides is 1. The highest BCUT2D eigenvalue weighted by Gasteiger charge is 2.31. The Labute approximate surface area is 177 Å². The molecule has 1 amide bonds. The average Bonchev–Trinajstić information content (AvgIpc) is 2.73. The van der Waals surface area contributed by atoms with Gasteiger partial charge in [-0.1, -0.05) is 48.4 Å². The molecule has 2 aromatic rings. The Bertz CT molecular complexity index is 955. The zero-order chi connectivity index (χ0) is 21.0. The number of anilines is 1. The zero-order valence-electron chi connectivity index (χ0n) is 16.7. The maximum Gasteiger partial charge on any atom is 0.264 e. The van der Waals surface area contributed by atoms with E-state index in [2.05, 4.69) is 11.8 Å². The number of para-hydroxylation sites is 1. The standard InChI is InChI=1S/C21H26ClN3O3S/c1-3-23-12-14-24(15-13-23)21(26)16-25(20-7-5-4-6-19(20)22)29(27,28)18-10-8-17(2)9-11-18/h4-11H,3,12-16H2,1-2H3. The summed E-state index contributed by atoms with van der Waals surface area (Å²) >= 11 is 6.31. The molecule has 1 aliphatic heterocycles. The van der Waals surface area contributed by atoms with Crippen LogP contribution < -0.4 is 4.31 Å². The normalized spacial score (nSPS) is 15.3. The van der Waals surface area contributed by atoms with E-state index in [1.807, 2.05) is 6.92 Å². The van der Waals surface area contributed by atoms with Gasteiger partial charge in [-0.2, -0.15) is 0 Å². The highest BCUT2D eigenvalue weighted by molar-refractivity contribution is 7.92. The van der Waals surface area contributed by atoms with Crippen molar-refractivity contribution in [2.24, 2.45) is 0 Å². The summed E-state index contributed by atoms with van der Waals surface area (Å²) in [6.45, 7) is 7.40. The van der Waals surface area contributed by atoms with Crippen LogP contribution >= 0.6 is 11.6 Å². The number of hydrogen-bond donors (Lipinski definition) is 0. The van der Waals surface area contributed by atoms with E-state index in [0.29, 0.717) is 18.8 Å². The topological polar surface area (TPSA) is 60.9 Å². The maximum absolute atomic E-state index is 13.4. The Kier molecular flexibility index (Phi) is 6.82. The van der Waals surface area contributed by atoms with Crippen molar-refractivity contribution in [3.05, 3.63) is 59.1 Å². The van der Waals surface area contributed by atoms with Crippen LogP contribution in [-0.4, -0.2) is 63.4 Å². The largest absolute Gasteiger partial charge is 0.339 e. The number of rotatable bonds is 6. The Morgan fingerprint density at radius 1 is 1.03 bits per heavy atom. The fourth-order valence-electron chi connectivity index (χ4n) is 3.33. The third-order valence-electron chi connectivity index (χ3n) is 5.18. The number of sulfonamides is 1. The number of carbonyl (C=O) groups excluding carboxylic acids is 1. The quantitative estimate of drug-likeness (QED) is 0.699. The van der Waals surface area contributed by atoms with Gasteiger partial charge in [0.15, 0.2) is 0 Å². The molecule has 0 unspecified atom stereocenters. The zero-order valence-corrected chi connectivity index (χ0v) is 18.3. The monoisotopic (exact) mass is 435 g/mol. The molecule has 0 radical (unpaired) electrons. The minimum absolute atomic E-state index is 0.131. The summed E-state index contributed by atoms with van der Waals surface area (Å²) in [5.74, 6) is -0.226. The van der Waals surface area contributed by atoms with Crippen LogP contribution in [-0.2, 0) is 14.8 Å². The smallest absolute Gasteiger partial charge is 0.264 e. The lowest BCUT2D eigenvalue weighted by Crippen LogP contribution is -2.51. The van der Waals surface area contributed by atoms with E-state index in [0.717, 1.165) is 29.5 Å². The number of piperazine rings is 1. The van der Waals surface area contributed by atoms with Crippen LogP contribution in [0.4, 0.5) is 5.69 Å². The second kappa shape index (κ2) is 9.15. The first-order valence-corrected chi connectivity index (χ1v) is 11.5. The van der Waals surface area contributed by atoms with Crippen molar-refractivity contribution < 1.29 is 13.2 Å². The van der Waals surface area contributed by atoms with Gasteiger partial charge in [-0.15, -0.1) is 0 Å². The number of nitrogens with zero attached hydrogens (tertiary/aromatic N) is 3. The molecule has 0 aromatic heterocycles. The predicted molar refractivity (Wildman–Crippen MR) is 116 cm³/mol. The number of benzene rings is 2. The molecular formula is C21H26ClN3O3S. The maximum atomic E-state index is 13.4. The number of likely N-dealkylation sites (N-methyl/N-ethyl adjacent to an activating group) is 1. The summed E-state index contributed by atoms with van der Waals surface area (Å²) < 4.78 is 27.9. The minimum atomic E-state index is -3.95. The number of hydrogen-bond acceptors (Lipinski definition) is 4. The average molecular weight is 436 g/mol. The van der Waals surface area contributed by atoms with Crippen LogP contribution in [0, 0.1) is 6.92 Å². The van der Waals surface area contributed by atoms with Crippen LogP contribution in [0.3, 0.4) is 0 Å². The first-order chi connectivity index (χ1) is 13.8. The molecule has 0 spiro atoms. The summed E-state index contributed by atoms with van der Waals surface area (Å²) in [5.41, 5.74) is 1.26. The van der Waals surface area contributed by atoms with Gasteiger partial charge in [0.1, 0.15) is 6.54 Å².